The number of ether oxygens (including phenoxy) is 2. The van der Waals surface area contributed by atoms with Crippen LogP contribution in [0.1, 0.15) is 6.42 Å². The molecule has 102 valence electrons. The quantitative estimate of drug-likeness (QED) is 0.435. The van der Waals surface area contributed by atoms with Crippen LogP contribution in [0.15, 0.2) is 18.2 Å². The fourth-order valence-corrected chi connectivity index (χ4v) is 1.23. The molecule has 9 nitrogen and oxygen atoms in total. The van der Waals surface area contributed by atoms with Gasteiger partial charge in [0.2, 0.25) is 0 Å². The largest absolute Gasteiger partial charge is 0.486 e. The predicted octanol–water partition coefficient (Wildman–Crippen LogP) is 1.44. The molecule has 0 aliphatic carbocycles. The molecule has 0 bridgehead atoms. The summed E-state index contributed by atoms with van der Waals surface area (Å²) in [5.74, 6) is -0.663. The Balaban J connectivity index is 2.85. The van der Waals surface area contributed by atoms with Gasteiger partial charge in [0, 0.05) is 6.07 Å². The third-order valence-corrected chi connectivity index (χ3v) is 2.14. The zero-order chi connectivity index (χ0) is 14.4. The molecule has 0 saturated carbocycles. The van der Waals surface area contributed by atoms with Crippen molar-refractivity contribution in [2.75, 3.05) is 13.7 Å². The molecule has 0 fully saturated rings. The van der Waals surface area contributed by atoms with Crippen molar-refractivity contribution >= 4 is 17.3 Å². The van der Waals surface area contributed by atoms with Crippen molar-refractivity contribution in [1.82, 2.24) is 0 Å². The smallest absolute Gasteiger partial charge is 0.317 e. The molecule has 0 amide bonds. The van der Waals surface area contributed by atoms with Crippen LogP contribution in [0, 0.1) is 20.2 Å². The molecule has 0 radical (unpaired) electrons. The topological polar surface area (TPSA) is 122 Å². The fourth-order valence-electron chi connectivity index (χ4n) is 1.23. The highest BCUT2D eigenvalue weighted by Gasteiger charge is 2.20. The van der Waals surface area contributed by atoms with Gasteiger partial charge in [-0.05, 0) is 6.07 Å². The Labute approximate surface area is 107 Å². The van der Waals surface area contributed by atoms with Gasteiger partial charge in [0.15, 0.2) is 5.75 Å². The standard InChI is InChI=1S/C10H10N2O7/c1-18-10(13)4-5-19-9-3-2-7(11(14)15)6-8(9)12(16)17/h2-3,6H,4-5H2,1H3. The molecule has 0 N–H and O–H groups in total. The highest BCUT2D eigenvalue weighted by Crippen LogP contribution is 2.30. The maximum atomic E-state index is 10.8. The van der Waals surface area contributed by atoms with E-state index >= 15 is 0 Å². The highest BCUT2D eigenvalue weighted by molar-refractivity contribution is 5.69. The number of nitro groups is 2. The predicted molar refractivity (Wildman–Crippen MR) is 61.9 cm³/mol. The molecule has 0 saturated heterocycles. The number of esters is 1. The third kappa shape index (κ3) is 3.91. The number of hydrogen-bond acceptors (Lipinski definition) is 7. The van der Waals surface area contributed by atoms with Crippen LogP contribution in [0.3, 0.4) is 0 Å². The van der Waals surface area contributed by atoms with Gasteiger partial charge in [0.25, 0.3) is 5.69 Å². The van der Waals surface area contributed by atoms with Crippen LogP contribution in [0.4, 0.5) is 11.4 Å². The van der Waals surface area contributed by atoms with E-state index in [9.17, 15) is 25.0 Å². The maximum absolute atomic E-state index is 10.8. The number of methoxy groups -OCH3 is 1. The van der Waals surface area contributed by atoms with Gasteiger partial charge in [-0.15, -0.1) is 0 Å². The molecule has 1 rings (SSSR count). The molecule has 9 heteroatoms. The summed E-state index contributed by atoms with van der Waals surface area (Å²) in [5, 5.41) is 21.3. The summed E-state index contributed by atoms with van der Waals surface area (Å²) in [6, 6.07) is 3.00. The number of nitro benzene ring substituents is 2. The first-order chi connectivity index (χ1) is 8.95. The zero-order valence-corrected chi connectivity index (χ0v) is 9.90. The molecule has 1 aromatic carbocycles. The van der Waals surface area contributed by atoms with Crippen LogP contribution in [-0.4, -0.2) is 29.5 Å². The number of benzene rings is 1. The second-order valence-corrected chi connectivity index (χ2v) is 3.34. The molecule has 1 aromatic rings. The second kappa shape index (κ2) is 6.28. The van der Waals surface area contributed by atoms with Crippen LogP contribution >= 0.6 is 0 Å². The van der Waals surface area contributed by atoms with E-state index in [1.807, 2.05) is 0 Å². The Morgan fingerprint density at radius 1 is 1.26 bits per heavy atom. The second-order valence-electron chi connectivity index (χ2n) is 3.34. The van der Waals surface area contributed by atoms with Gasteiger partial charge in [-0.1, -0.05) is 0 Å². The van der Waals surface area contributed by atoms with Gasteiger partial charge in [-0.25, -0.2) is 0 Å². The molecule has 0 aliphatic heterocycles. The van der Waals surface area contributed by atoms with Gasteiger partial charge < -0.3 is 9.47 Å². The minimum absolute atomic E-state index is 0.0787. The number of carbonyl (C=O) groups excluding carboxylic acids is 1. The van der Waals surface area contributed by atoms with E-state index < -0.39 is 27.2 Å². The van der Waals surface area contributed by atoms with Crippen LogP contribution in [-0.2, 0) is 9.53 Å². The summed E-state index contributed by atoms with van der Waals surface area (Å²) in [6.45, 7) is -0.120. The Morgan fingerprint density at radius 3 is 2.47 bits per heavy atom. The summed E-state index contributed by atoms with van der Waals surface area (Å²) in [7, 11) is 1.21. The molecule has 0 aliphatic rings. The lowest BCUT2D eigenvalue weighted by atomic mass is 10.2. The molecule has 0 heterocycles. The van der Waals surface area contributed by atoms with Crippen molar-refractivity contribution in [2.45, 2.75) is 6.42 Å². The molecule has 0 aromatic heterocycles. The molecule has 0 spiro atoms. The van der Waals surface area contributed by atoms with Gasteiger partial charge in [-0.2, -0.15) is 0 Å². The Morgan fingerprint density at radius 2 is 1.95 bits per heavy atom. The Kier molecular flexibility index (Phi) is 4.75. The van der Waals surface area contributed by atoms with E-state index in [4.69, 9.17) is 4.74 Å². The van der Waals surface area contributed by atoms with E-state index in [2.05, 4.69) is 4.74 Å². The lowest BCUT2D eigenvalue weighted by Crippen LogP contribution is -2.08. The highest BCUT2D eigenvalue weighted by atomic mass is 16.6. The van der Waals surface area contributed by atoms with E-state index in [0.717, 1.165) is 18.2 Å². The van der Waals surface area contributed by atoms with Crippen molar-refractivity contribution in [3.8, 4) is 5.75 Å². The molecule has 0 atom stereocenters. The minimum atomic E-state index is -0.791. The number of rotatable bonds is 6. The van der Waals surface area contributed by atoms with E-state index in [1.165, 1.54) is 7.11 Å². The molecule has 0 unspecified atom stereocenters. The Hall–Kier alpha value is -2.71. The fraction of sp³-hybridized carbons (Fsp3) is 0.300. The van der Waals surface area contributed by atoms with Crippen molar-refractivity contribution in [3.63, 3.8) is 0 Å². The SMILES string of the molecule is COC(=O)CCOc1ccc([N+](=O)[O-])cc1[N+](=O)[O-]. The first kappa shape index (κ1) is 14.4. The van der Waals surface area contributed by atoms with Gasteiger partial charge in [0.1, 0.15) is 0 Å². The number of carbonyl (C=O) groups is 1. The van der Waals surface area contributed by atoms with Crippen molar-refractivity contribution in [3.05, 3.63) is 38.4 Å². The zero-order valence-electron chi connectivity index (χ0n) is 9.90. The van der Waals surface area contributed by atoms with Gasteiger partial charge in [0.05, 0.1) is 36.1 Å². The summed E-state index contributed by atoms with van der Waals surface area (Å²) >= 11 is 0. The van der Waals surface area contributed by atoms with E-state index in [1.54, 1.807) is 0 Å². The normalized spacial score (nSPS) is 9.74. The third-order valence-electron chi connectivity index (χ3n) is 2.14. The molecular formula is C10H10N2O7. The average Bonchev–Trinajstić information content (AvgIpc) is 2.38. The van der Waals surface area contributed by atoms with Crippen LogP contribution < -0.4 is 4.74 Å². The van der Waals surface area contributed by atoms with Gasteiger partial charge >= 0.3 is 11.7 Å². The minimum Gasteiger partial charge on any atom is -0.486 e. The van der Waals surface area contributed by atoms with Crippen LogP contribution in [0.2, 0.25) is 0 Å². The number of hydrogen-bond donors (Lipinski definition) is 0. The van der Waals surface area contributed by atoms with Crippen molar-refractivity contribution < 1.29 is 24.1 Å². The molecular weight excluding hydrogens is 260 g/mol. The summed E-state index contributed by atoms with van der Waals surface area (Å²) in [4.78, 5) is 30.6. The summed E-state index contributed by atoms with van der Waals surface area (Å²) in [5.41, 5.74) is -0.939. The van der Waals surface area contributed by atoms with Gasteiger partial charge in [-0.3, -0.25) is 25.0 Å². The monoisotopic (exact) mass is 270 g/mol. The van der Waals surface area contributed by atoms with E-state index in [0.29, 0.717) is 0 Å². The molecule has 19 heavy (non-hydrogen) atoms. The van der Waals surface area contributed by atoms with Crippen molar-refractivity contribution in [2.24, 2.45) is 0 Å². The van der Waals surface area contributed by atoms with Crippen molar-refractivity contribution in [1.29, 1.82) is 0 Å². The first-order valence-electron chi connectivity index (χ1n) is 5.08. The number of nitrogens with zero attached hydrogens (tertiary/aromatic N) is 2. The lowest BCUT2D eigenvalue weighted by Gasteiger charge is -2.05. The van der Waals surface area contributed by atoms with Crippen LogP contribution in [0.25, 0.3) is 0 Å². The average molecular weight is 270 g/mol. The summed E-state index contributed by atoms with van der Waals surface area (Å²) < 4.78 is 9.41. The number of non-ortho nitro benzene ring substituents is 1. The Bertz CT molecular complexity index is 515. The first-order valence-corrected chi connectivity index (χ1v) is 5.08. The van der Waals surface area contributed by atoms with Crippen LogP contribution in [0.5, 0.6) is 5.75 Å². The summed E-state index contributed by atoms with van der Waals surface area (Å²) in [6.07, 6.45) is -0.0787. The maximum Gasteiger partial charge on any atom is 0.317 e. The lowest BCUT2D eigenvalue weighted by molar-refractivity contribution is -0.394. The van der Waals surface area contributed by atoms with E-state index in [-0.39, 0.29) is 18.8 Å².